The minimum absolute atomic E-state index is 0.0465. The van der Waals surface area contributed by atoms with Gasteiger partial charge in [-0.05, 0) is 44.2 Å². The Bertz CT molecular complexity index is 1150. The number of halogens is 2. The molecule has 2 aromatic heterocycles. The molecule has 3 aromatic rings. The maximum absolute atomic E-state index is 11.9. The van der Waals surface area contributed by atoms with Gasteiger partial charge < -0.3 is 14.2 Å². The number of carbonyl (C=O) groups excluding carboxylic acids is 1. The molecule has 0 bridgehead atoms. The van der Waals surface area contributed by atoms with Crippen molar-refractivity contribution in [2.45, 2.75) is 46.6 Å². The van der Waals surface area contributed by atoms with Crippen LogP contribution < -0.4 is 4.90 Å². The summed E-state index contributed by atoms with van der Waals surface area (Å²) in [6, 6.07) is 3.95. The van der Waals surface area contributed by atoms with E-state index in [9.17, 15) is 4.79 Å². The largest absolute Gasteiger partial charge is 0.466 e. The third-order valence-corrected chi connectivity index (χ3v) is 7.11. The second-order valence-corrected chi connectivity index (χ2v) is 9.97. The van der Waals surface area contributed by atoms with Crippen molar-refractivity contribution in [2.24, 2.45) is 5.41 Å². The van der Waals surface area contributed by atoms with Crippen LogP contribution in [0.25, 0.3) is 11.2 Å². The number of imidazole rings is 1. The molecule has 170 valence electrons. The predicted octanol–water partition coefficient (Wildman–Crippen LogP) is 5.16. The van der Waals surface area contributed by atoms with Gasteiger partial charge >= 0.3 is 5.97 Å². The monoisotopic (exact) mass is 519 g/mol. The topological polar surface area (TPSA) is 73.1 Å². The minimum Gasteiger partial charge on any atom is -0.466 e. The third kappa shape index (κ3) is 4.76. The summed E-state index contributed by atoms with van der Waals surface area (Å²) in [5.41, 5.74) is 4.75. The first-order valence-corrected chi connectivity index (χ1v) is 12.0. The summed E-state index contributed by atoms with van der Waals surface area (Å²) < 4.78 is 8.11. The van der Waals surface area contributed by atoms with Crippen LogP contribution in [-0.4, -0.2) is 45.2 Å². The Morgan fingerprint density at radius 3 is 2.91 bits per heavy atom. The minimum atomic E-state index is -0.123. The fourth-order valence-corrected chi connectivity index (χ4v) is 5.30. The quantitative estimate of drug-likeness (QED) is 0.401. The number of esters is 1. The van der Waals surface area contributed by atoms with E-state index in [0.717, 1.165) is 58.5 Å². The van der Waals surface area contributed by atoms with E-state index in [1.54, 1.807) is 6.33 Å². The second kappa shape index (κ2) is 9.35. The number of aromatic nitrogens is 4. The smallest absolute Gasteiger partial charge is 0.305 e. The van der Waals surface area contributed by atoms with Crippen LogP contribution >= 0.6 is 27.5 Å². The number of hydrogen-bond acceptors (Lipinski definition) is 6. The number of rotatable bonds is 7. The van der Waals surface area contributed by atoms with E-state index in [2.05, 4.69) is 42.7 Å². The molecule has 1 aromatic carbocycles. The Labute approximate surface area is 201 Å². The van der Waals surface area contributed by atoms with Crippen LogP contribution in [0, 0.1) is 12.3 Å². The molecule has 1 saturated heterocycles. The molecule has 0 aliphatic carbocycles. The Kier molecular flexibility index (Phi) is 6.72. The van der Waals surface area contributed by atoms with Gasteiger partial charge in [-0.1, -0.05) is 34.5 Å². The van der Waals surface area contributed by atoms with Gasteiger partial charge in [0.1, 0.15) is 11.8 Å². The molecule has 4 rings (SSSR count). The van der Waals surface area contributed by atoms with E-state index in [4.69, 9.17) is 16.3 Å². The molecule has 9 heteroatoms. The van der Waals surface area contributed by atoms with Crippen LogP contribution in [0.15, 0.2) is 29.3 Å². The van der Waals surface area contributed by atoms with Gasteiger partial charge in [-0.2, -0.15) is 0 Å². The molecular weight excluding hydrogens is 494 g/mol. The van der Waals surface area contributed by atoms with Crippen molar-refractivity contribution < 1.29 is 9.53 Å². The number of nitrogens with zero attached hydrogens (tertiary/aromatic N) is 5. The first kappa shape index (κ1) is 23.0. The van der Waals surface area contributed by atoms with E-state index in [-0.39, 0.29) is 11.4 Å². The number of anilines is 1. The fraction of sp³-hybridized carbons (Fsp3) is 0.478. The van der Waals surface area contributed by atoms with Crippen LogP contribution in [0.5, 0.6) is 0 Å². The van der Waals surface area contributed by atoms with Crippen molar-refractivity contribution in [3.63, 3.8) is 0 Å². The SMILES string of the molecule is CCOC(=O)CCC1(C)CCN(c2cc(Cl)cc(Br)c2Cn2cnc3c(C)ncnc32)C1. The van der Waals surface area contributed by atoms with E-state index in [1.807, 2.05) is 36.9 Å². The van der Waals surface area contributed by atoms with Crippen molar-refractivity contribution in [3.05, 3.63) is 45.5 Å². The van der Waals surface area contributed by atoms with Gasteiger partial charge in [0.05, 0.1) is 25.2 Å². The van der Waals surface area contributed by atoms with Crippen molar-refractivity contribution in [3.8, 4) is 0 Å². The zero-order valence-corrected chi connectivity index (χ0v) is 20.9. The molecule has 0 saturated carbocycles. The summed E-state index contributed by atoms with van der Waals surface area (Å²) >= 11 is 10.2. The van der Waals surface area contributed by atoms with E-state index < -0.39 is 0 Å². The molecule has 1 unspecified atom stereocenters. The normalized spacial score (nSPS) is 18.5. The van der Waals surface area contributed by atoms with Crippen LogP contribution in [0.3, 0.4) is 0 Å². The van der Waals surface area contributed by atoms with Crippen LogP contribution in [0.2, 0.25) is 5.02 Å². The van der Waals surface area contributed by atoms with Crippen LogP contribution in [-0.2, 0) is 16.1 Å². The lowest BCUT2D eigenvalue weighted by atomic mass is 9.85. The average molecular weight is 521 g/mol. The molecule has 1 atom stereocenters. The lowest BCUT2D eigenvalue weighted by molar-refractivity contribution is -0.143. The predicted molar refractivity (Wildman–Crippen MR) is 129 cm³/mol. The third-order valence-electron chi connectivity index (χ3n) is 6.19. The van der Waals surface area contributed by atoms with Crippen LogP contribution in [0.1, 0.15) is 44.4 Å². The van der Waals surface area contributed by atoms with E-state index >= 15 is 0 Å². The second-order valence-electron chi connectivity index (χ2n) is 8.68. The summed E-state index contributed by atoms with van der Waals surface area (Å²) in [4.78, 5) is 27.4. The number of aryl methyl sites for hydroxylation is 1. The van der Waals surface area contributed by atoms with Crippen molar-refractivity contribution in [2.75, 3.05) is 24.6 Å². The van der Waals surface area contributed by atoms with Crippen LogP contribution in [0.4, 0.5) is 5.69 Å². The highest BCUT2D eigenvalue weighted by atomic mass is 79.9. The first-order valence-electron chi connectivity index (χ1n) is 10.8. The molecule has 32 heavy (non-hydrogen) atoms. The molecule has 1 aliphatic heterocycles. The molecule has 0 amide bonds. The highest BCUT2D eigenvalue weighted by Crippen LogP contribution is 2.41. The summed E-state index contributed by atoms with van der Waals surface area (Å²) in [6.07, 6.45) is 5.65. The average Bonchev–Trinajstić information content (AvgIpc) is 3.34. The molecule has 1 fully saturated rings. The lowest BCUT2D eigenvalue weighted by Crippen LogP contribution is -2.26. The van der Waals surface area contributed by atoms with E-state index in [1.165, 1.54) is 0 Å². The number of fused-ring (bicyclic) bond motifs is 1. The Morgan fingerprint density at radius 2 is 2.12 bits per heavy atom. The fourth-order valence-electron chi connectivity index (χ4n) is 4.38. The first-order chi connectivity index (χ1) is 15.3. The maximum Gasteiger partial charge on any atom is 0.305 e. The van der Waals surface area contributed by atoms with E-state index in [0.29, 0.717) is 24.6 Å². The molecule has 3 heterocycles. The summed E-state index contributed by atoms with van der Waals surface area (Å²) in [5.74, 6) is -0.123. The summed E-state index contributed by atoms with van der Waals surface area (Å²) in [7, 11) is 0. The highest BCUT2D eigenvalue weighted by Gasteiger charge is 2.35. The van der Waals surface area contributed by atoms with Gasteiger partial charge in [0.2, 0.25) is 0 Å². The lowest BCUT2D eigenvalue weighted by Gasteiger charge is -2.27. The molecule has 0 N–H and O–H groups in total. The van der Waals surface area contributed by atoms with Gasteiger partial charge in [-0.15, -0.1) is 0 Å². The number of hydrogen-bond donors (Lipinski definition) is 0. The molecule has 0 spiro atoms. The maximum atomic E-state index is 11.9. The number of benzene rings is 1. The summed E-state index contributed by atoms with van der Waals surface area (Å²) in [6.45, 7) is 8.82. The molecule has 1 aliphatic rings. The Balaban J connectivity index is 1.60. The highest BCUT2D eigenvalue weighted by molar-refractivity contribution is 9.10. The Hall–Kier alpha value is -2.19. The molecule has 7 nitrogen and oxygen atoms in total. The van der Waals surface area contributed by atoms with Gasteiger partial charge in [0.15, 0.2) is 5.65 Å². The zero-order chi connectivity index (χ0) is 22.9. The standard InChI is InChI=1S/C23H27BrClN5O2/c1-4-32-20(31)5-6-23(3)7-8-29(12-23)19-10-16(25)9-18(24)17(19)11-30-14-28-21-15(2)26-13-27-22(21)30/h9-10,13-14H,4-8,11-12H2,1-3H3. The number of carbonyl (C=O) groups is 1. The van der Waals surface area contributed by atoms with Crippen molar-refractivity contribution in [1.29, 1.82) is 0 Å². The number of ether oxygens (including phenoxy) is 1. The summed E-state index contributed by atoms with van der Waals surface area (Å²) in [5, 5.41) is 0.685. The van der Waals surface area contributed by atoms with Crippen molar-refractivity contribution >= 4 is 50.4 Å². The zero-order valence-electron chi connectivity index (χ0n) is 18.6. The molecule has 0 radical (unpaired) electrons. The van der Waals surface area contributed by atoms with Crippen molar-refractivity contribution in [1.82, 2.24) is 19.5 Å². The van der Waals surface area contributed by atoms with Gasteiger partial charge in [0.25, 0.3) is 0 Å². The van der Waals surface area contributed by atoms with Gasteiger partial charge in [0, 0.05) is 40.3 Å². The van der Waals surface area contributed by atoms with Gasteiger partial charge in [-0.3, -0.25) is 4.79 Å². The molecular formula is C23H27BrClN5O2. The Morgan fingerprint density at radius 1 is 1.31 bits per heavy atom. The van der Waals surface area contributed by atoms with Gasteiger partial charge in [-0.25, -0.2) is 15.0 Å².